The number of nitrogens with two attached hydrogens (primary N) is 1. The van der Waals surface area contributed by atoms with E-state index in [1.54, 1.807) is 29.6 Å². The lowest BCUT2D eigenvalue weighted by molar-refractivity contribution is -0.130. The van der Waals surface area contributed by atoms with Crippen molar-refractivity contribution >= 4 is 21.5 Å². The van der Waals surface area contributed by atoms with Gasteiger partial charge in [0.15, 0.2) is 0 Å². The Hall–Kier alpha value is -2.58. The van der Waals surface area contributed by atoms with E-state index in [0.29, 0.717) is 44.7 Å². The molecule has 4 rings (SSSR count). The summed E-state index contributed by atoms with van der Waals surface area (Å²) in [6.45, 7) is 1.53. The Morgan fingerprint density at radius 1 is 1.26 bits per heavy atom. The average molecular weight is 388 g/mol. The molecule has 0 aliphatic carbocycles. The Morgan fingerprint density at radius 2 is 2.11 bits per heavy atom. The Balaban J connectivity index is 1.55. The molecule has 1 aromatic carbocycles. The van der Waals surface area contributed by atoms with E-state index >= 15 is 0 Å². The van der Waals surface area contributed by atoms with Crippen molar-refractivity contribution in [2.24, 2.45) is 5.14 Å². The molecule has 142 valence electrons. The summed E-state index contributed by atoms with van der Waals surface area (Å²) in [4.78, 5) is 14.2. The first-order valence-corrected chi connectivity index (χ1v) is 10.3. The molecule has 0 unspecified atom stereocenters. The fraction of sp³-hybridized carbons (Fsp3) is 0.316. The van der Waals surface area contributed by atoms with Gasteiger partial charge in [-0.05, 0) is 46.9 Å². The van der Waals surface area contributed by atoms with Gasteiger partial charge in [-0.15, -0.1) is 0 Å². The molecule has 1 aromatic heterocycles. The second-order valence-corrected chi connectivity index (χ2v) is 8.26. The Morgan fingerprint density at radius 3 is 2.78 bits per heavy atom. The van der Waals surface area contributed by atoms with E-state index in [1.165, 1.54) is 0 Å². The summed E-state index contributed by atoms with van der Waals surface area (Å²) in [5.41, 5.74) is 3.55. The van der Waals surface area contributed by atoms with Gasteiger partial charge in [0, 0.05) is 19.5 Å². The summed E-state index contributed by atoms with van der Waals surface area (Å²) in [6, 6.07) is 5.32. The van der Waals surface area contributed by atoms with Crippen LogP contribution in [0, 0.1) is 0 Å². The van der Waals surface area contributed by atoms with E-state index in [4.69, 9.17) is 14.3 Å². The maximum absolute atomic E-state index is 12.4. The van der Waals surface area contributed by atoms with Crippen molar-refractivity contribution in [2.75, 3.05) is 19.7 Å². The molecule has 27 heavy (non-hydrogen) atoms. The molecule has 0 bridgehead atoms. The Kier molecular flexibility index (Phi) is 4.53. The van der Waals surface area contributed by atoms with Gasteiger partial charge in [-0.25, -0.2) is 13.6 Å². The highest BCUT2D eigenvalue weighted by molar-refractivity contribution is 7.89. The third-order valence-electron chi connectivity index (χ3n) is 4.92. The minimum absolute atomic E-state index is 0.0341. The number of hydrogen-bond acceptors (Lipinski definition) is 5. The zero-order valence-corrected chi connectivity index (χ0v) is 15.5. The quantitative estimate of drug-likeness (QED) is 0.859. The Bertz CT molecular complexity index is 1010. The second-order valence-electron chi connectivity index (χ2n) is 6.73. The largest absolute Gasteiger partial charge is 0.492 e. The molecule has 0 spiro atoms. The number of carbonyl (C=O) groups excluding carboxylic acids is 1. The van der Waals surface area contributed by atoms with Crippen LogP contribution in [0.2, 0.25) is 0 Å². The summed E-state index contributed by atoms with van der Waals surface area (Å²) in [5.74, 6) is 0.411. The number of primary sulfonamides is 1. The highest BCUT2D eigenvalue weighted by Gasteiger charge is 2.26. The van der Waals surface area contributed by atoms with Gasteiger partial charge in [0.25, 0.3) is 0 Å². The second kappa shape index (κ2) is 6.86. The van der Waals surface area contributed by atoms with Gasteiger partial charge in [-0.1, -0.05) is 6.08 Å². The fourth-order valence-electron chi connectivity index (χ4n) is 3.51. The molecule has 8 heteroatoms. The average Bonchev–Trinajstić information content (AvgIpc) is 3.31. The third-order valence-corrected chi connectivity index (χ3v) is 5.84. The number of benzene rings is 1. The molecule has 0 radical (unpaired) electrons. The SMILES string of the molecule is NS(=O)(=O)c1cc(C2=CCN(C(=O)Cc3ccoc3)CC2)cc2c1OCC2. The van der Waals surface area contributed by atoms with Gasteiger partial charge in [0.2, 0.25) is 15.9 Å². The van der Waals surface area contributed by atoms with Gasteiger partial charge in [0.1, 0.15) is 10.6 Å². The van der Waals surface area contributed by atoms with Gasteiger partial charge >= 0.3 is 0 Å². The van der Waals surface area contributed by atoms with Crippen molar-refractivity contribution in [3.8, 4) is 5.75 Å². The number of sulfonamides is 1. The molecule has 1 amide bonds. The molecule has 2 N–H and O–H groups in total. The van der Waals surface area contributed by atoms with Crippen LogP contribution in [0.4, 0.5) is 0 Å². The maximum atomic E-state index is 12.4. The summed E-state index contributed by atoms with van der Waals surface area (Å²) in [7, 11) is -3.87. The van der Waals surface area contributed by atoms with Crippen LogP contribution >= 0.6 is 0 Å². The van der Waals surface area contributed by atoms with Crippen LogP contribution in [0.15, 0.2) is 46.1 Å². The monoisotopic (exact) mass is 388 g/mol. The van der Waals surface area contributed by atoms with Crippen molar-refractivity contribution in [1.29, 1.82) is 0 Å². The van der Waals surface area contributed by atoms with Crippen LogP contribution in [-0.2, 0) is 27.7 Å². The highest BCUT2D eigenvalue weighted by Crippen LogP contribution is 2.36. The lowest BCUT2D eigenvalue weighted by Gasteiger charge is -2.27. The molecular weight excluding hydrogens is 368 g/mol. The number of nitrogens with zero attached hydrogens (tertiary/aromatic N) is 1. The normalized spacial score (nSPS) is 16.6. The number of rotatable bonds is 4. The summed E-state index contributed by atoms with van der Waals surface area (Å²) >= 11 is 0. The first-order chi connectivity index (χ1) is 12.9. The fourth-order valence-corrected chi connectivity index (χ4v) is 4.25. The standard InChI is InChI=1S/C19H20N2O5S/c20-27(23,24)17-11-16(10-15-4-8-26-19(15)17)14-1-5-21(6-2-14)18(22)9-13-3-7-25-12-13/h1,3,7,10-12H,2,4-6,8-9H2,(H2,20,23,24). The van der Waals surface area contributed by atoms with Crippen LogP contribution in [0.25, 0.3) is 5.57 Å². The first-order valence-electron chi connectivity index (χ1n) is 8.72. The van der Waals surface area contributed by atoms with E-state index < -0.39 is 10.0 Å². The summed E-state index contributed by atoms with van der Waals surface area (Å²) in [5, 5.41) is 5.37. The predicted octanol–water partition coefficient (Wildman–Crippen LogP) is 1.72. The van der Waals surface area contributed by atoms with Crippen molar-refractivity contribution in [3.63, 3.8) is 0 Å². The van der Waals surface area contributed by atoms with E-state index in [-0.39, 0.29) is 10.8 Å². The molecule has 7 nitrogen and oxygen atoms in total. The van der Waals surface area contributed by atoms with Crippen LogP contribution in [-0.4, -0.2) is 38.9 Å². The Labute approximate surface area is 157 Å². The predicted molar refractivity (Wildman–Crippen MR) is 98.6 cm³/mol. The smallest absolute Gasteiger partial charge is 0.241 e. The van der Waals surface area contributed by atoms with Crippen LogP contribution in [0.1, 0.15) is 23.1 Å². The molecule has 2 aromatic rings. The van der Waals surface area contributed by atoms with Crippen molar-refractivity contribution in [1.82, 2.24) is 4.90 Å². The molecule has 0 fully saturated rings. The number of carbonyl (C=O) groups is 1. The summed E-state index contributed by atoms with van der Waals surface area (Å²) < 4.78 is 34.3. The van der Waals surface area contributed by atoms with E-state index in [9.17, 15) is 13.2 Å². The lowest BCUT2D eigenvalue weighted by Crippen LogP contribution is -2.35. The van der Waals surface area contributed by atoms with Gasteiger partial charge < -0.3 is 14.1 Å². The van der Waals surface area contributed by atoms with E-state index in [1.807, 2.05) is 12.1 Å². The number of hydrogen-bond donors (Lipinski definition) is 1. The van der Waals surface area contributed by atoms with E-state index in [2.05, 4.69) is 0 Å². The molecule has 2 aliphatic heterocycles. The zero-order chi connectivity index (χ0) is 19.0. The highest BCUT2D eigenvalue weighted by atomic mass is 32.2. The first kappa shape index (κ1) is 17.8. The third kappa shape index (κ3) is 3.63. The van der Waals surface area contributed by atoms with Crippen molar-refractivity contribution < 1.29 is 22.4 Å². The van der Waals surface area contributed by atoms with Gasteiger partial charge in [-0.2, -0.15) is 0 Å². The number of ether oxygens (including phenoxy) is 1. The molecule has 2 aliphatic rings. The molecular formula is C19H20N2O5S. The van der Waals surface area contributed by atoms with Gasteiger partial charge in [0.05, 0.1) is 25.6 Å². The lowest BCUT2D eigenvalue weighted by atomic mass is 9.96. The van der Waals surface area contributed by atoms with Crippen LogP contribution < -0.4 is 9.88 Å². The summed E-state index contributed by atoms with van der Waals surface area (Å²) in [6.07, 6.45) is 6.73. The molecule has 3 heterocycles. The van der Waals surface area contributed by atoms with Crippen molar-refractivity contribution in [2.45, 2.75) is 24.2 Å². The molecule has 0 saturated carbocycles. The number of amides is 1. The molecule has 0 saturated heterocycles. The van der Waals surface area contributed by atoms with Crippen molar-refractivity contribution in [3.05, 3.63) is 53.5 Å². The maximum Gasteiger partial charge on any atom is 0.241 e. The van der Waals surface area contributed by atoms with Gasteiger partial charge in [-0.3, -0.25) is 4.79 Å². The van der Waals surface area contributed by atoms with Crippen LogP contribution in [0.3, 0.4) is 0 Å². The molecule has 0 atom stereocenters. The zero-order valence-electron chi connectivity index (χ0n) is 14.7. The number of fused-ring (bicyclic) bond motifs is 1. The van der Waals surface area contributed by atoms with E-state index in [0.717, 1.165) is 22.3 Å². The van der Waals surface area contributed by atoms with Crippen LogP contribution in [0.5, 0.6) is 5.75 Å². The topological polar surface area (TPSA) is 103 Å². The minimum Gasteiger partial charge on any atom is -0.492 e. The minimum atomic E-state index is -3.87. The number of furan rings is 1.